The normalized spacial score (nSPS) is 10.7. The van der Waals surface area contributed by atoms with Gasteiger partial charge in [-0.15, -0.1) is 11.3 Å². The molecule has 0 fully saturated rings. The smallest absolute Gasteiger partial charge is 0.159 e. The van der Waals surface area contributed by atoms with E-state index in [9.17, 15) is 8.78 Å². The van der Waals surface area contributed by atoms with E-state index in [1.165, 1.54) is 29.5 Å². The summed E-state index contributed by atoms with van der Waals surface area (Å²) in [4.78, 5) is 4.38. The molecule has 1 heterocycles. The molecule has 3 rings (SSSR count). The third kappa shape index (κ3) is 4.55. The van der Waals surface area contributed by atoms with Crippen molar-refractivity contribution in [3.8, 4) is 0 Å². The SMILES string of the molecule is Fc1ccc(Cl)cc1CNc1ccc(SNc2cscn2)c(F)c1Cl. The highest BCUT2D eigenvalue weighted by molar-refractivity contribution is 8.00. The molecule has 2 aromatic carbocycles. The predicted molar refractivity (Wildman–Crippen MR) is 102 cm³/mol. The van der Waals surface area contributed by atoms with Gasteiger partial charge in [0.2, 0.25) is 0 Å². The fourth-order valence-corrected chi connectivity index (χ4v) is 3.68. The van der Waals surface area contributed by atoms with Gasteiger partial charge in [-0.25, -0.2) is 13.8 Å². The van der Waals surface area contributed by atoms with Gasteiger partial charge in [-0.3, -0.25) is 0 Å². The largest absolute Gasteiger partial charge is 0.380 e. The molecule has 0 aliphatic rings. The van der Waals surface area contributed by atoms with Gasteiger partial charge in [0.1, 0.15) is 16.7 Å². The van der Waals surface area contributed by atoms with E-state index in [-0.39, 0.29) is 11.6 Å². The summed E-state index contributed by atoms with van der Waals surface area (Å²) in [6, 6.07) is 7.48. The Morgan fingerprint density at radius 2 is 2.00 bits per heavy atom. The van der Waals surface area contributed by atoms with Crippen LogP contribution < -0.4 is 10.0 Å². The Morgan fingerprint density at radius 3 is 2.76 bits per heavy atom. The van der Waals surface area contributed by atoms with Crippen LogP contribution in [0.5, 0.6) is 0 Å². The van der Waals surface area contributed by atoms with Crippen LogP contribution in [0, 0.1) is 11.6 Å². The van der Waals surface area contributed by atoms with E-state index in [0.29, 0.717) is 27.0 Å². The average molecular weight is 418 g/mol. The van der Waals surface area contributed by atoms with Crippen LogP contribution in [0.1, 0.15) is 5.56 Å². The number of nitrogens with one attached hydrogen (secondary N) is 2. The highest BCUT2D eigenvalue weighted by Crippen LogP contribution is 2.33. The number of hydrogen-bond donors (Lipinski definition) is 2. The maximum Gasteiger partial charge on any atom is 0.159 e. The highest BCUT2D eigenvalue weighted by Gasteiger charge is 2.13. The van der Waals surface area contributed by atoms with Gasteiger partial charge in [0.05, 0.1) is 16.1 Å². The van der Waals surface area contributed by atoms with Crippen molar-refractivity contribution in [2.45, 2.75) is 11.4 Å². The molecule has 0 unspecified atom stereocenters. The van der Waals surface area contributed by atoms with Gasteiger partial charge in [-0.2, -0.15) is 0 Å². The van der Waals surface area contributed by atoms with Gasteiger partial charge in [0.15, 0.2) is 5.82 Å². The van der Waals surface area contributed by atoms with Gasteiger partial charge in [0, 0.05) is 22.5 Å². The van der Waals surface area contributed by atoms with Crippen LogP contribution in [0.3, 0.4) is 0 Å². The number of anilines is 2. The Hall–Kier alpha value is -1.54. The van der Waals surface area contributed by atoms with Gasteiger partial charge in [0.25, 0.3) is 0 Å². The molecule has 25 heavy (non-hydrogen) atoms. The second-order valence-electron chi connectivity index (χ2n) is 4.91. The number of halogens is 4. The summed E-state index contributed by atoms with van der Waals surface area (Å²) in [7, 11) is 0. The summed E-state index contributed by atoms with van der Waals surface area (Å²) in [5.74, 6) is -0.316. The minimum atomic E-state index is -0.564. The van der Waals surface area contributed by atoms with E-state index in [1.54, 1.807) is 17.6 Å². The standard InChI is InChI=1S/C16H11Cl2F2N3S2/c17-10-1-2-11(19)9(5-10)6-21-12-3-4-13(16(20)15(12)18)25-23-14-7-24-8-22-14/h1-5,7-8,21,23H,6H2. The number of thiazole rings is 1. The molecule has 0 atom stereocenters. The summed E-state index contributed by atoms with van der Waals surface area (Å²) in [5, 5.41) is 5.10. The van der Waals surface area contributed by atoms with E-state index in [4.69, 9.17) is 23.2 Å². The molecule has 0 spiro atoms. The van der Waals surface area contributed by atoms with Crippen molar-refractivity contribution in [2.75, 3.05) is 10.0 Å². The summed E-state index contributed by atoms with van der Waals surface area (Å²) >= 11 is 14.5. The number of nitrogens with zero attached hydrogens (tertiary/aromatic N) is 1. The summed E-state index contributed by atoms with van der Waals surface area (Å²) in [5.41, 5.74) is 2.41. The van der Waals surface area contributed by atoms with Crippen LogP contribution in [0.2, 0.25) is 10.0 Å². The number of hydrogen-bond acceptors (Lipinski definition) is 5. The fourth-order valence-electron chi connectivity index (χ4n) is 1.99. The maximum atomic E-state index is 14.4. The summed E-state index contributed by atoms with van der Waals surface area (Å²) in [6.45, 7) is 0.134. The van der Waals surface area contributed by atoms with Crippen LogP contribution in [-0.2, 0) is 6.54 Å². The first-order valence-corrected chi connectivity index (χ1v) is 9.53. The van der Waals surface area contributed by atoms with Crippen LogP contribution in [0.4, 0.5) is 20.3 Å². The van der Waals surface area contributed by atoms with Crippen molar-refractivity contribution >= 4 is 58.0 Å². The van der Waals surface area contributed by atoms with E-state index in [2.05, 4.69) is 15.0 Å². The van der Waals surface area contributed by atoms with Crippen molar-refractivity contribution in [3.63, 3.8) is 0 Å². The Kier molecular flexibility index (Phi) is 6.01. The lowest BCUT2D eigenvalue weighted by atomic mass is 10.2. The zero-order valence-corrected chi connectivity index (χ0v) is 15.7. The molecular formula is C16H11Cl2F2N3S2. The Morgan fingerprint density at radius 1 is 1.16 bits per heavy atom. The number of aromatic nitrogens is 1. The second-order valence-corrected chi connectivity index (χ2v) is 7.29. The molecule has 0 aliphatic heterocycles. The van der Waals surface area contributed by atoms with Crippen molar-refractivity contribution in [1.82, 2.24) is 4.98 Å². The van der Waals surface area contributed by atoms with Gasteiger partial charge in [-0.05, 0) is 42.3 Å². The molecule has 130 valence electrons. The topological polar surface area (TPSA) is 37.0 Å². The molecule has 0 radical (unpaired) electrons. The number of rotatable bonds is 6. The molecule has 0 aliphatic carbocycles. The van der Waals surface area contributed by atoms with Gasteiger partial charge >= 0.3 is 0 Å². The lowest BCUT2D eigenvalue weighted by molar-refractivity contribution is 0.602. The van der Waals surface area contributed by atoms with E-state index in [1.807, 2.05) is 5.38 Å². The van der Waals surface area contributed by atoms with Gasteiger partial charge in [-0.1, -0.05) is 23.2 Å². The number of benzene rings is 2. The lowest BCUT2D eigenvalue weighted by Crippen LogP contribution is -2.03. The Labute approximate surface area is 161 Å². The van der Waals surface area contributed by atoms with E-state index in [0.717, 1.165) is 11.9 Å². The van der Waals surface area contributed by atoms with Crippen molar-refractivity contribution in [3.05, 3.63) is 68.5 Å². The molecule has 0 saturated carbocycles. The van der Waals surface area contributed by atoms with Crippen molar-refractivity contribution < 1.29 is 8.78 Å². The third-order valence-electron chi connectivity index (χ3n) is 3.22. The van der Waals surface area contributed by atoms with Crippen LogP contribution in [-0.4, -0.2) is 4.98 Å². The van der Waals surface area contributed by atoms with E-state index < -0.39 is 11.6 Å². The molecule has 0 saturated heterocycles. The Balaban J connectivity index is 1.70. The second kappa shape index (κ2) is 8.23. The molecule has 0 amide bonds. The van der Waals surface area contributed by atoms with Gasteiger partial charge < -0.3 is 10.0 Å². The first-order valence-electron chi connectivity index (χ1n) is 7.01. The van der Waals surface area contributed by atoms with Crippen molar-refractivity contribution in [1.29, 1.82) is 0 Å². The summed E-state index contributed by atoms with van der Waals surface area (Å²) < 4.78 is 31.1. The zero-order valence-electron chi connectivity index (χ0n) is 12.5. The molecular weight excluding hydrogens is 407 g/mol. The summed E-state index contributed by atoms with van der Waals surface area (Å²) in [6.07, 6.45) is 0. The molecule has 0 bridgehead atoms. The molecule has 1 aromatic heterocycles. The first-order chi connectivity index (χ1) is 12.0. The molecule has 3 nitrogen and oxygen atoms in total. The minimum absolute atomic E-state index is 0.0625. The molecule has 9 heteroatoms. The van der Waals surface area contributed by atoms with Crippen LogP contribution >= 0.6 is 46.5 Å². The fraction of sp³-hybridized carbons (Fsp3) is 0.0625. The first kappa shape index (κ1) is 18.3. The maximum absolute atomic E-state index is 14.4. The van der Waals surface area contributed by atoms with Crippen molar-refractivity contribution in [2.24, 2.45) is 0 Å². The quantitative estimate of drug-likeness (QED) is 0.451. The highest BCUT2D eigenvalue weighted by atomic mass is 35.5. The van der Waals surface area contributed by atoms with Crippen LogP contribution in [0.25, 0.3) is 0 Å². The Bertz CT molecular complexity index is 876. The molecule has 2 N–H and O–H groups in total. The molecule has 3 aromatic rings. The predicted octanol–water partition coefficient (Wildman–Crippen LogP) is 6.46. The van der Waals surface area contributed by atoms with E-state index >= 15 is 0 Å². The average Bonchev–Trinajstić information content (AvgIpc) is 3.11. The zero-order chi connectivity index (χ0) is 17.8. The van der Waals surface area contributed by atoms with Crippen LogP contribution in [0.15, 0.2) is 46.1 Å². The lowest BCUT2D eigenvalue weighted by Gasteiger charge is -2.12. The minimum Gasteiger partial charge on any atom is -0.380 e. The monoisotopic (exact) mass is 417 g/mol. The third-order valence-corrected chi connectivity index (χ3v) is 5.26.